The molecule has 2 aromatic heterocycles. The van der Waals surface area contributed by atoms with Gasteiger partial charge in [0.1, 0.15) is 25.0 Å². The quantitative estimate of drug-likeness (QED) is 0.623. The van der Waals surface area contributed by atoms with E-state index >= 15 is 0 Å². The van der Waals surface area contributed by atoms with Crippen LogP contribution in [0.4, 0.5) is 10.1 Å². The molecular formula is C18H14FN5O. The zero-order chi connectivity index (χ0) is 17.2. The van der Waals surface area contributed by atoms with E-state index in [1.54, 1.807) is 40.1 Å². The summed E-state index contributed by atoms with van der Waals surface area (Å²) in [5, 5.41) is 11.3. The maximum atomic E-state index is 13.4. The third-order valence-electron chi connectivity index (χ3n) is 3.90. The van der Waals surface area contributed by atoms with Gasteiger partial charge in [-0.2, -0.15) is 0 Å². The molecule has 1 N–H and O–H groups in total. The lowest BCUT2D eigenvalue weighted by Gasteiger charge is -2.09. The Bertz CT molecular complexity index is 1040. The first-order valence-corrected chi connectivity index (χ1v) is 7.68. The molecule has 7 heteroatoms. The Labute approximate surface area is 142 Å². The maximum absolute atomic E-state index is 13.4. The maximum Gasteiger partial charge on any atom is 0.244 e. The normalized spacial score (nSPS) is 10.9. The first-order valence-electron chi connectivity index (χ1n) is 7.68. The van der Waals surface area contributed by atoms with Crippen LogP contribution in [0.5, 0.6) is 0 Å². The Morgan fingerprint density at radius 2 is 1.92 bits per heavy atom. The molecule has 25 heavy (non-hydrogen) atoms. The van der Waals surface area contributed by atoms with Crippen LogP contribution >= 0.6 is 0 Å². The number of nitrogens with zero attached hydrogens (tertiary/aromatic N) is 4. The van der Waals surface area contributed by atoms with Gasteiger partial charge in [0.15, 0.2) is 0 Å². The van der Waals surface area contributed by atoms with Crippen LogP contribution < -0.4 is 5.32 Å². The van der Waals surface area contributed by atoms with E-state index in [9.17, 15) is 9.18 Å². The molecule has 0 fully saturated rings. The standard InChI is InChI=1S/C18H14FN5O/c19-14-5-4-13-6-7-23(17(13)8-14)10-18(25)22-15-2-1-3-16(9-15)24-11-20-21-12-24/h1-9,11-12H,10H2,(H,22,25). The zero-order valence-electron chi connectivity index (χ0n) is 13.1. The Balaban J connectivity index is 1.52. The minimum absolute atomic E-state index is 0.101. The SMILES string of the molecule is O=C(Cn1ccc2ccc(F)cc21)Nc1cccc(-n2cnnc2)c1. The predicted octanol–water partition coefficient (Wildman–Crippen LogP) is 3.00. The van der Waals surface area contributed by atoms with E-state index in [-0.39, 0.29) is 18.3 Å². The molecule has 0 atom stereocenters. The van der Waals surface area contributed by atoms with Crippen molar-refractivity contribution in [2.75, 3.05) is 5.32 Å². The van der Waals surface area contributed by atoms with Crippen molar-refractivity contribution in [1.82, 2.24) is 19.3 Å². The van der Waals surface area contributed by atoms with Crippen molar-refractivity contribution >= 4 is 22.5 Å². The molecule has 0 radical (unpaired) electrons. The summed E-state index contributed by atoms with van der Waals surface area (Å²) in [7, 11) is 0. The highest BCUT2D eigenvalue weighted by molar-refractivity contribution is 5.92. The summed E-state index contributed by atoms with van der Waals surface area (Å²) in [6.07, 6.45) is 4.94. The molecule has 2 aromatic carbocycles. The number of halogens is 1. The van der Waals surface area contributed by atoms with Crippen LogP contribution in [0.25, 0.3) is 16.6 Å². The van der Waals surface area contributed by atoms with Crippen LogP contribution in [0.2, 0.25) is 0 Å². The van der Waals surface area contributed by atoms with E-state index in [1.807, 2.05) is 24.3 Å². The fraction of sp³-hybridized carbons (Fsp3) is 0.0556. The summed E-state index contributed by atoms with van der Waals surface area (Å²) in [6.45, 7) is 0.101. The number of rotatable bonds is 4. The highest BCUT2D eigenvalue weighted by Gasteiger charge is 2.08. The van der Waals surface area contributed by atoms with E-state index in [0.29, 0.717) is 11.2 Å². The van der Waals surface area contributed by atoms with Gasteiger partial charge in [0.25, 0.3) is 0 Å². The number of anilines is 1. The van der Waals surface area contributed by atoms with Crippen molar-refractivity contribution < 1.29 is 9.18 Å². The van der Waals surface area contributed by atoms with E-state index < -0.39 is 0 Å². The average molecular weight is 335 g/mol. The molecule has 6 nitrogen and oxygen atoms in total. The van der Waals surface area contributed by atoms with Crippen molar-refractivity contribution in [3.8, 4) is 5.69 Å². The third kappa shape index (κ3) is 3.12. The zero-order valence-corrected chi connectivity index (χ0v) is 13.1. The molecule has 0 saturated heterocycles. The van der Waals surface area contributed by atoms with Gasteiger partial charge in [-0.25, -0.2) is 4.39 Å². The highest BCUT2D eigenvalue weighted by atomic mass is 19.1. The lowest BCUT2D eigenvalue weighted by molar-refractivity contribution is -0.116. The number of hydrogen-bond donors (Lipinski definition) is 1. The molecule has 0 saturated carbocycles. The molecule has 124 valence electrons. The first-order chi connectivity index (χ1) is 12.2. The third-order valence-corrected chi connectivity index (χ3v) is 3.90. The fourth-order valence-electron chi connectivity index (χ4n) is 2.73. The highest BCUT2D eigenvalue weighted by Crippen LogP contribution is 2.18. The largest absolute Gasteiger partial charge is 0.338 e. The fourth-order valence-corrected chi connectivity index (χ4v) is 2.73. The molecule has 4 rings (SSSR count). The summed E-state index contributed by atoms with van der Waals surface area (Å²) in [6, 6.07) is 13.7. The number of aromatic nitrogens is 4. The molecule has 0 aliphatic heterocycles. The Hall–Kier alpha value is -3.48. The van der Waals surface area contributed by atoms with Gasteiger partial charge >= 0.3 is 0 Å². The van der Waals surface area contributed by atoms with E-state index in [2.05, 4.69) is 15.5 Å². The monoisotopic (exact) mass is 335 g/mol. The molecule has 0 bridgehead atoms. The summed E-state index contributed by atoms with van der Waals surface area (Å²) < 4.78 is 16.9. The number of amides is 1. The smallest absolute Gasteiger partial charge is 0.244 e. The van der Waals surface area contributed by atoms with Crippen LogP contribution in [-0.2, 0) is 11.3 Å². The van der Waals surface area contributed by atoms with Crippen molar-refractivity contribution in [1.29, 1.82) is 0 Å². The molecule has 0 aliphatic rings. The Morgan fingerprint density at radius 3 is 2.76 bits per heavy atom. The number of benzene rings is 2. The molecular weight excluding hydrogens is 321 g/mol. The molecule has 4 aromatic rings. The number of hydrogen-bond acceptors (Lipinski definition) is 3. The average Bonchev–Trinajstić information content (AvgIpc) is 3.26. The molecule has 0 aliphatic carbocycles. The lowest BCUT2D eigenvalue weighted by atomic mass is 10.2. The van der Waals surface area contributed by atoms with Crippen molar-refractivity contribution in [2.24, 2.45) is 0 Å². The minimum atomic E-state index is -0.325. The van der Waals surface area contributed by atoms with Crippen molar-refractivity contribution in [2.45, 2.75) is 6.54 Å². The summed E-state index contributed by atoms with van der Waals surface area (Å²) in [5.74, 6) is -0.517. The van der Waals surface area contributed by atoms with Gasteiger partial charge in [-0.1, -0.05) is 6.07 Å². The van der Waals surface area contributed by atoms with Crippen LogP contribution in [0.1, 0.15) is 0 Å². The van der Waals surface area contributed by atoms with Gasteiger partial charge in [0, 0.05) is 11.9 Å². The number of fused-ring (bicyclic) bond motifs is 1. The Kier molecular flexibility index (Phi) is 3.74. The summed E-state index contributed by atoms with van der Waals surface area (Å²) >= 11 is 0. The van der Waals surface area contributed by atoms with Crippen LogP contribution in [0, 0.1) is 5.82 Å². The van der Waals surface area contributed by atoms with Gasteiger partial charge < -0.3 is 9.88 Å². The minimum Gasteiger partial charge on any atom is -0.338 e. The van der Waals surface area contributed by atoms with Crippen LogP contribution in [0.3, 0.4) is 0 Å². The number of carbonyl (C=O) groups is 1. The van der Waals surface area contributed by atoms with Crippen LogP contribution in [-0.4, -0.2) is 25.2 Å². The van der Waals surface area contributed by atoms with Crippen LogP contribution in [0.15, 0.2) is 67.4 Å². The summed E-state index contributed by atoms with van der Waals surface area (Å²) in [4.78, 5) is 12.3. The first kappa shape index (κ1) is 15.1. The van der Waals surface area contributed by atoms with E-state index in [4.69, 9.17) is 0 Å². The lowest BCUT2D eigenvalue weighted by Crippen LogP contribution is -2.18. The van der Waals surface area contributed by atoms with Crippen molar-refractivity contribution in [3.05, 3.63) is 73.2 Å². The van der Waals surface area contributed by atoms with Gasteiger partial charge in [0.2, 0.25) is 5.91 Å². The van der Waals surface area contributed by atoms with E-state index in [0.717, 1.165) is 11.1 Å². The molecule has 1 amide bonds. The number of nitrogens with one attached hydrogen (secondary N) is 1. The number of carbonyl (C=O) groups excluding carboxylic acids is 1. The molecule has 2 heterocycles. The molecule has 0 spiro atoms. The van der Waals surface area contributed by atoms with E-state index in [1.165, 1.54) is 12.1 Å². The topological polar surface area (TPSA) is 64.7 Å². The van der Waals surface area contributed by atoms with Gasteiger partial charge in [-0.05, 0) is 47.9 Å². The van der Waals surface area contributed by atoms with Crippen molar-refractivity contribution in [3.63, 3.8) is 0 Å². The van der Waals surface area contributed by atoms with Gasteiger partial charge in [-0.3, -0.25) is 9.36 Å². The second-order valence-electron chi connectivity index (χ2n) is 5.61. The predicted molar refractivity (Wildman–Crippen MR) is 91.9 cm³/mol. The second-order valence-corrected chi connectivity index (χ2v) is 5.61. The van der Waals surface area contributed by atoms with Gasteiger partial charge in [0.05, 0.1) is 11.2 Å². The summed E-state index contributed by atoms with van der Waals surface area (Å²) in [5.41, 5.74) is 2.20. The van der Waals surface area contributed by atoms with Gasteiger partial charge in [-0.15, -0.1) is 10.2 Å². The Morgan fingerprint density at radius 1 is 1.08 bits per heavy atom. The molecule has 0 unspecified atom stereocenters. The second kappa shape index (κ2) is 6.20.